The van der Waals surface area contributed by atoms with Crippen LogP contribution in [-0.4, -0.2) is 25.7 Å². The molecule has 0 aliphatic carbocycles. The second kappa shape index (κ2) is 7.98. The Labute approximate surface area is 167 Å². The van der Waals surface area contributed by atoms with Gasteiger partial charge in [-0.05, 0) is 42.8 Å². The fourth-order valence-electron chi connectivity index (χ4n) is 2.64. The average molecular weight is 400 g/mol. The van der Waals surface area contributed by atoms with E-state index in [4.69, 9.17) is 12.2 Å². The average Bonchev–Trinajstić information content (AvgIpc) is 3.18. The molecule has 2 N–H and O–H groups in total. The van der Waals surface area contributed by atoms with Gasteiger partial charge in [-0.2, -0.15) is 5.10 Å². The summed E-state index contributed by atoms with van der Waals surface area (Å²) >= 11 is 6.63. The minimum Gasteiger partial charge on any atom is -0.298 e. The molecule has 1 amide bonds. The van der Waals surface area contributed by atoms with Crippen molar-refractivity contribution in [3.05, 3.63) is 58.5 Å². The number of carbonyl (C=O) groups excluding carboxylic acids is 1. The van der Waals surface area contributed by atoms with Gasteiger partial charge in [-0.15, -0.1) is 6.58 Å². The van der Waals surface area contributed by atoms with Crippen molar-refractivity contribution in [2.45, 2.75) is 33.2 Å². The molecule has 8 heteroatoms. The SMILES string of the molecule is C=CCn1c(-c2sc(NC(=O)c3ccc(C(C)C)cc3)nc2C)n[nH]c1=S. The number of nitrogens with one attached hydrogen (secondary N) is 2. The zero-order valence-electron chi connectivity index (χ0n) is 15.4. The number of aryl methyl sites for hydroxylation is 1. The van der Waals surface area contributed by atoms with Gasteiger partial charge in [0.05, 0.1) is 10.6 Å². The van der Waals surface area contributed by atoms with E-state index in [0.717, 1.165) is 10.6 Å². The first-order valence-corrected chi connectivity index (χ1v) is 9.78. The van der Waals surface area contributed by atoms with Crippen molar-refractivity contribution in [1.29, 1.82) is 0 Å². The summed E-state index contributed by atoms with van der Waals surface area (Å²) < 4.78 is 2.37. The molecular formula is C19H21N5OS2. The molecule has 140 valence electrons. The maximum Gasteiger partial charge on any atom is 0.257 e. The van der Waals surface area contributed by atoms with Gasteiger partial charge in [0.25, 0.3) is 5.91 Å². The zero-order chi connectivity index (χ0) is 19.6. The maximum absolute atomic E-state index is 12.5. The molecule has 0 unspecified atom stereocenters. The molecule has 0 saturated heterocycles. The third-order valence-corrected chi connectivity index (χ3v) is 5.51. The molecule has 27 heavy (non-hydrogen) atoms. The molecule has 0 fully saturated rings. The Morgan fingerprint density at radius 2 is 2.11 bits per heavy atom. The maximum atomic E-state index is 12.5. The highest BCUT2D eigenvalue weighted by molar-refractivity contribution is 7.71. The lowest BCUT2D eigenvalue weighted by Gasteiger charge is -2.06. The Bertz CT molecular complexity index is 1030. The second-order valence-corrected chi connectivity index (χ2v) is 7.80. The van der Waals surface area contributed by atoms with E-state index in [-0.39, 0.29) is 5.91 Å². The van der Waals surface area contributed by atoms with Crippen LogP contribution in [-0.2, 0) is 6.54 Å². The Hall–Kier alpha value is -2.58. The van der Waals surface area contributed by atoms with Crippen molar-refractivity contribution in [2.75, 3.05) is 5.32 Å². The smallest absolute Gasteiger partial charge is 0.257 e. The van der Waals surface area contributed by atoms with Crippen LogP contribution in [0.4, 0.5) is 5.13 Å². The molecule has 3 aromatic rings. The van der Waals surface area contributed by atoms with Crippen LogP contribution in [0.1, 0.15) is 41.4 Å². The van der Waals surface area contributed by atoms with E-state index >= 15 is 0 Å². The normalized spacial score (nSPS) is 11.0. The van der Waals surface area contributed by atoms with Crippen LogP contribution in [0.3, 0.4) is 0 Å². The van der Waals surface area contributed by atoms with E-state index in [0.29, 0.717) is 33.8 Å². The fourth-order valence-corrected chi connectivity index (χ4v) is 3.80. The molecule has 0 aliphatic heterocycles. The predicted molar refractivity (Wildman–Crippen MR) is 112 cm³/mol. The number of nitrogens with zero attached hydrogens (tertiary/aromatic N) is 3. The van der Waals surface area contributed by atoms with Gasteiger partial charge in [0.2, 0.25) is 0 Å². The van der Waals surface area contributed by atoms with E-state index in [1.165, 1.54) is 16.9 Å². The first-order chi connectivity index (χ1) is 12.9. The van der Waals surface area contributed by atoms with Gasteiger partial charge >= 0.3 is 0 Å². The van der Waals surface area contributed by atoms with Crippen LogP contribution in [0.25, 0.3) is 10.7 Å². The third kappa shape index (κ3) is 4.06. The monoisotopic (exact) mass is 399 g/mol. The molecule has 0 radical (unpaired) electrons. The topological polar surface area (TPSA) is 75.6 Å². The number of thiazole rings is 1. The summed E-state index contributed by atoms with van der Waals surface area (Å²) in [4.78, 5) is 17.8. The van der Waals surface area contributed by atoms with Gasteiger partial charge in [0.15, 0.2) is 15.7 Å². The van der Waals surface area contributed by atoms with E-state index in [1.807, 2.05) is 35.8 Å². The first kappa shape index (κ1) is 19.2. The molecule has 0 aliphatic rings. The summed E-state index contributed by atoms with van der Waals surface area (Å²) in [5, 5.41) is 10.5. The van der Waals surface area contributed by atoms with Crippen molar-refractivity contribution < 1.29 is 4.79 Å². The number of allylic oxidation sites excluding steroid dienone is 1. The lowest BCUT2D eigenvalue weighted by molar-refractivity contribution is 0.102. The van der Waals surface area contributed by atoms with Gasteiger partial charge in [0, 0.05) is 12.1 Å². The number of benzene rings is 1. The molecule has 1 aromatic carbocycles. The molecule has 0 saturated carbocycles. The summed E-state index contributed by atoms with van der Waals surface area (Å²) in [7, 11) is 0. The number of aromatic amines is 1. The highest BCUT2D eigenvalue weighted by Crippen LogP contribution is 2.32. The lowest BCUT2D eigenvalue weighted by atomic mass is 10.0. The number of carbonyl (C=O) groups is 1. The summed E-state index contributed by atoms with van der Waals surface area (Å²) in [6, 6.07) is 7.62. The van der Waals surface area contributed by atoms with Gasteiger partial charge < -0.3 is 0 Å². The summed E-state index contributed by atoms with van der Waals surface area (Å²) in [6.45, 7) is 10.4. The van der Waals surface area contributed by atoms with Gasteiger partial charge in [-0.1, -0.05) is 43.4 Å². The van der Waals surface area contributed by atoms with Crippen molar-refractivity contribution in [2.24, 2.45) is 0 Å². The van der Waals surface area contributed by atoms with Crippen LogP contribution >= 0.6 is 23.6 Å². The van der Waals surface area contributed by atoms with Gasteiger partial charge in [-0.3, -0.25) is 19.8 Å². The number of rotatable bonds is 6. The van der Waals surface area contributed by atoms with E-state index < -0.39 is 0 Å². The Morgan fingerprint density at radius 1 is 1.41 bits per heavy atom. The highest BCUT2D eigenvalue weighted by Gasteiger charge is 2.17. The zero-order valence-corrected chi connectivity index (χ0v) is 17.1. The number of aromatic nitrogens is 4. The van der Waals surface area contributed by atoms with Crippen LogP contribution in [0.5, 0.6) is 0 Å². The van der Waals surface area contributed by atoms with Crippen LogP contribution in [0.2, 0.25) is 0 Å². The van der Waals surface area contributed by atoms with Gasteiger partial charge in [0.1, 0.15) is 0 Å². The number of hydrogen-bond donors (Lipinski definition) is 2. The summed E-state index contributed by atoms with van der Waals surface area (Å²) in [6.07, 6.45) is 1.76. The first-order valence-electron chi connectivity index (χ1n) is 8.56. The highest BCUT2D eigenvalue weighted by atomic mass is 32.1. The molecule has 2 aromatic heterocycles. The van der Waals surface area contributed by atoms with Crippen LogP contribution in [0.15, 0.2) is 36.9 Å². The fraction of sp³-hybridized carbons (Fsp3) is 0.263. The molecular weight excluding hydrogens is 378 g/mol. The molecule has 0 bridgehead atoms. The van der Waals surface area contributed by atoms with Gasteiger partial charge in [-0.25, -0.2) is 4.98 Å². The van der Waals surface area contributed by atoms with Crippen molar-refractivity contribution in [3.8, 4) is 10.7 Å². The largest absolute Gasteiger partial charge is 0.298 e. The minimum atomic E-state index is -0.185. The summed E-state index contributed by atoms with van der Waals surface area (Å²) in [5.41, 5.74) is 2.58. The quantitative estimate of drug-likeness (QED) is 0.455. The van der Waals surface area contributed by atoms with E-state index in [9.17, 15) is 4.79 Å². The molecule has 2 heterocycles. The Balaban J connectivity index is 1.83. The van der Waals surface area contributed by atoms with Crippen LogP contribution in [0, 0.1) is 11.7 Å². The number of H-pyrrole nitrogens is 1. The van der Waals surface area contributed by atoms with Crippen molar-refractivity contribution in [3.63, 3.8) is 0 Å². The lowest BCUT2D eigenvalue weighted by Crippen LogP contribution is -2.11. The molecule has 6 nitrogen and oxygen atoms in total. The number of amides is 1. The Morgan fingerprint density at radius 3 is 2.74 bits per heavy atom. The Kier molecular flexibility index (Phi) is 5.67. The number of hydrogen-bond acceptors (Lipinski definition) is 5. The molecule has 0 atom stereocenters. The summed E-state index contributed by atoms with van der Waals surface area (Å²) in [5.74, 6) is 0.934. The standard InChI is InChI=1S/C19H21N5OS2/c1-5-10-24-16(22-23-19(24)26)15-12(4)20-18(27-15)21-17(25)14-8-6-13(7-9-14)11(2)3/h5-9,11H,1,10H2,2-4H3,(H,23,26)(H,20,21,25). The van der Waals surface area contributed by atoms with E-state index in [2.05, 4.69) is 40.9 Å². The minimum absolute atomic E-state index is 0.185. The van der Waals surface area contributed by atoms with Crippen molar-refractivity contribution in [1.82, 2.24) is 19.7 Å². The third-order valence-electron chi connectivity index (χ3n) is 4.13. The van der Waals surface area contributed by atoms with Crippen LogP contribution < -0.4 is 5.32 Å². The predicted octanol–water partition coefficient (Wildman–Crippen LogP) is 4.93. The second-order valence-electron chi connectivity index (χ2n) is 6.42. The molecule has 3 rings (SSSR count). The van der Waals surface area contributed by atoms with Crippen molar-refractivity contribution >= 4 is 34.6 Å². The number of anilines is 1. The van der Waals surface area contributed by atoms with E-state index in [1.54, 1.807) is 6.08 Å². The molecule has 0 spiro atoms.